The predicted octanol–water partition coefficient (Wildman–Crippen LogP) is 1.10. The molecule has 1 aromatic rings. The maximum atomic E-state index is 12.6. The lowest BCUT2D eigenvalue weighted by atomic mass is 10.1. The first-order valence-corrected chi connectivity index (χ1v) is 8.37. The molecule has 0 spiro atoms. The van der Waals surface area contributed by atoms with E-state index >= 15 is 0 Å². The molecule has 0 aromatic carbocycles. The normalized spacial score (nSPS) is 19.7. The van der Waals surface area contributed by atoms with Crippen molar-refractivity contribution in [3.05, 3.63) is 29.6 Å². The Kier molecular flexibility index (Phi) is 4.91. The highest BCUT2D eigenvalue weighted by atomic mass is 16.2. The Bertz CT molecular complexity index is 576. The maximum Gasteiger partial charge on any atom is 0.255 e. The zero-order chi connectivity index (χ0) is 16.2. The molecule has 2 fully saturated rings. The molecule has 2 amide bonds. The monoisotopic (exact) mass is 316 g/mol. The van der Waals surface area contributed by atoms with Gasteiger partial charge >= 0.3 is 0 Å². The number of aromatic nitrogens is 1. The quantitative estimate of drug-likeness (QED) is 0.820. The van der Waals surface area contributed by atoms with Gasteiger partial charge in [0.1, 0.15) is 0 Å². The molecular weight excluding hydrogens is 292 g/mol. The van der Waals surface area contributed by atoms with Gasteiger partial charge in [0.05, 0.1) is 11.1 Å². The van der Waals surface area contributed by atoms with Crippen LogP contribution in [0.3, 0.4) is 0 Å². The Hall–Kier alpha value is -1.95. The fraction of sp³-hybridized carbons (Fsp3) is 0.588. The van der Waals surface area contributed by atoms with Gasteiger partial charge in [-0.15, -0.1) is 0 Å². The third kappa shape index (κ3) is 3.69. The number of hydrogen-bond acceptors (Lipinski definition) is 4. The van der Waals surface area contributed by atoms with Crippen molar-refractivity contribution >= 4 is 11.8 Å². The number of carbonyl (C=O) groups excluding carboxylic acids is 2. The number of pyridine rings is 1. The molecule has 0 N–H and O–H groups in total. The lowest BCUT2D eigenvalue weighted by molar-refractivity contribution is 0.0663. The number of piperidine rings is 1. The zero-order valence-corrected chi connectivity index (χ0v) is 13.7. The first-order valence-electron chi connectivity index (χ1n) is 8.37. The number of carbonyl (C=O) groups is 2. The Balaban J connectivity index is 1.71. The molecular formula is C17H24N4O2. The zero-order valence-electron chi connectivity index (χ0n) is 13.7. The highest BCUT2D eigenvalue weighted by molar-refractivity contribution is 5.99. The molecule has 0 aliphatic carbocycles. The largest absolute Gasteiger partial charge is 0.339 e. The van der Waals surface area contributed by atoms with Gasteiger partial charge in [0.2, 0.25) is 0 Å². The lowest BCUT2D eigenvalue weighted by Crippen LogP contribution is -2.47. The van der Waals surface area contributed by atoms with Gasteiger partial charge in [-0.05, 0) is 32.4 Å². The molecule has 0 saturated carbocycles. The Morgan fingerprint density at radius 2 is 1.35 bits per heavy atom. The third-order valence-electron chi connectivity index (χ3n) is 4.67. The summed E-state index contributed by atoms with van der Waals surface area (Å²) < 4.78 is 0. The lowest BCUT2D eigenvalue weighted by Gasteiger charge is -2.32. The summed E-state index contributed by atoms with van der Waals surface area (Å²) in [5.41, 5.74) is 1.03. The molecule has 124 valence electrons. The van der Waals surface area contributed by atoms with Gasteiger partial charge < -0.3 is 14.7 Å². The molecule has 0 atom stereocenters. The van der Waals surface area contributed by atoms with E-state index in [4.69, 9.17) is 0 Å². The fourth-order valence-corrected chi connectivity index (χ4v) is 3.15. The van der Waals surface area contributed by atoms with E-state index in [0.29, 0.717) is 11.1 Å². The van der Waals surface area contributed by atoms with E-state index in [2.05, 4.69) is 16.9 Å². The summed E-state index contributed by atoms with van der Waals surface area (Å²) >= 11 is 0. The highest BCUT2D eigenvalue weighted by Crippen LogP contribution is 2.15. The summed E-state index contributed by atoms with van der Waals surface area (Å²) in [6.45, 7) is 4.81. The fourth-order valence-electron chi connectivity index (χ4n) is 3.15. The molecule has 0 bridgehead atoms. The van der Waals surface area contributed by atoms with Crippen molar-refractivity contribution in [1.82, 2.24) is 19.7 Å². The third-order valence-corrected chi connectivity index (χ3v) is 4.67. The molecule has 23 heavy (non-hydrogen) atoms. The van der Waals surface area contributed by atoms with Gasteiger partial charge in [0.25, 0.3) is 11.8 Å². The Morgan fingerprint density at radius 3 is 1.91 bits per heavy atom. The second kappa shape index (κ2) is 7.08. The van der Waals surface area contributed by atoms with Crippen molar-refractivity contribution in [2.75, 3.05) is 46.3 Å². The predicted molar refractivity (Wildman–Crippen MR) is 87.4 cm³/mol. The minimum absolute atomic E-state index is 0.00905. The number of piperazine rings is 1. The number of likely N-dealkylation sites (N-methyl/N-ethyl adjacent to an activating group) is 1. The Morgan fingerprint density at radius 1 is 0.826 bits per heavy atom. The van der Waals surface area contributed by atoms with E-state index in [1.54, 1.807) is 18.5 Å². The Labute approximate surface area is 137 Å². The van der Waals surface area contributed by atoms with E-state index in [-0.39, 0.29) is 11.8 Å². The van der Waals surface area contributed by atoms with Crippen LogP contribution in [0.15, 0.2) is 18.5 Å². The van der Waals surface area contributed by atoms with Gasteiger partial charge in [-0.2, -0.15) is 0 Å². The van der Waals surface area contributed by atoms with E-state index in [1.165, 1.54) is 6.42 Å². The van der Waals surface area contributed by atoms with Crippen LogP contribution in [0, 0.1) is 0 Å². The van der Waals surface area contributed by atoms with Gasteiger partial charge in [-0.1, -0.05) is 0 Å². The van der Waals surface area contributed by atoms with E-state index in [1.807, 2.05) is 9.80 Å². The molecule has 2 aliphatic rings. The van der Waals surface area contributed by atoms with Crippen LogP contribution in [0.2, 0.25) is 0 Å². The minimum Gasteiger partial charge on any atom is -0.339 e. The number of amides is 2. The van der Waals surface area contributed by atoms with E-state index in [0.717, 1.165) is 52.1 Å². The number of nitrogens with zero attached hydrogens (tertiary/aromatic N) is 4. The van der Waals surface area contributed by atoms with Crippen molar-refractivity contribution in [1.29, 1.82) is 0 Å². The summed E-state index contributed by atoms with van der Waals surface area (Å²) in [4.78, 5) is 35.2. The minimum atomic E-state index is -0.0288. The van der Waals surface area contributed by atoms with Crippen LogP contribution in [0.5, 0.6) is 0 Å². The molecule has 0 unspecified atom stereocenters. The van der Waals surface area contributed by atoms with Crippen molar-refractivity contribution < 1.29 is 9.59 Å². The van der Waals surface area contributed by atoms with Gasteiger partial charge in [-0.25, -0.2) is 0 Å². The van der Waals surface area contributed by atoms with Gasteiger partial charge in [0, 0.05) is 51.7 Å². The molecule has 6 nitrogen and oxygen atoms in total. The standard InChI is InChI=1S/C17H24N4O2/c1-19-7-9-21(10-8-19)17(23)15-11-14(12-18-13-15)16(22)20-5-3-2-4-6-20/h11-13H,2-10H2,1H3. The van der Waals surface area contributed by atoms with Gasteiger partial charge in [0.15, 0.2) is 0 Å². The van der Waals surface area contributed by atoms with Crippen LogP contribution < -0.4 is 0 Å². The number of hydrogen-bond donors (Lipinski definition) is 0. The molecule has 0 radical (unpaired) electrons. The summed E-state index contributed by atoms with van der Waals surface area (Å²) in [6.07, 6.45) is 6.42. The maximum absolute atomic E-state index is 12.6. The molecule has 2 saturated heterocycles. The first-order chi connectivity index (χ1) is 11.1. The van der Waals surface area contributed by atoms with Crippen LogP contribution in [-0.2, 0) is 0 Å². The highest BCUT2D eigenvalue weighted by Gasteiger charge is 2.23. The smallest absolute Gasteiger partial charge is 0.255 e. The van der Waals surface area contributed by atoms with Crippen molar-refractivity contribution in [3.63, 3.8) is 0 Å². The van der Waals surface area contributed by atoms with Gasteiger partial charge in [-0.3, -0.25) is 14.6 Å². The summed E-state index contributed by atoms with van der Waals surface area (Å²) in [5, 5.41) is 0. The molecule has 1 aromatic heterocycles. The summed E-state index contributed by atoms with van der Waals surface area (Å²) in [7, 11) is 2.06. The van der Waals surface area contributed by atoms with Crippen LogP contribution in [0.25, 0.3) is 0 Å². The first kappa shape index (κ1) is 15.9. The number of likely N-dealkylation sites (tertiary alicyclic amines) is 1. The molecule has 3 heterocycles. The topological polar surface area (TPSA) is 56.8 Å². The summed E-state index contributed by atoms with van der Waals surface area (Å²) in [5.74, 6) is -0.0379. The molecule has 6 heteroatoms. The van der Waals surface area contributed by atoms with Crippen LogP contribution in [0.4, 0.5) is 0 Å². The van der Waals surface area contributed by atoms with Crippen LogP contribution in [-0.4, -0.2) is 77.8 Å². The molecule has 3 rings (SSSR count). The summed E-state index contributed by atoms with van der Waals surface area (Å²) in [6, 6.07) is 1.70. The second-order valence-electron chi connectivity index (χ2n) is 6.41. The van der Waals surface area contributed by atoms with Crippen LogP contribution >= 0.6 is 0 Å². The van der Waals surface area contributed by atoms with Crippen LogP contribution in [0.1, 0.15) is 40.0 Å². The van der Waals surface area contributed by atoms with Crippen molar-refractivity contribution in [3.8, 4) is 0 Å². The second-order valence-corrected chi connectivity index (χ2v) is 6.41. The molecule has 2 aliphatic heterocycles. The van der Waals surface area contributed by atoms with E-state index < -0.39 is 0 Å². The number of rotatable bonds is 2. The average molecular weight is 316 g/mol. The van der Waals surface area contributed by atoms with E-state index in [9.17, 15) is 9.59 Å². The van der Waals surface area contributed by atoms with Crippen molar-refractivity contribution in [2.45, 2.75) is 19.3 Å². The SMILES string of the molecule is CN1CCN(C(=O)c2cncc(C(=O)N3CCCCC3)c2)CC1. The van der Waals surface area contributed by atoms with Crippen molar-refractivity contribution in [2.24, 2.45) is 0 Å². The average Bonchev–Trinajstić information content (AvgIpc) is 2.62.